The molecule has 7 heteroatoms. The quantitative estimate of drug-likeness (QED) is 0.917. The molecule has 1 fully saturated rings. The summed E-state index contributed by atoms with van der Waals surface area (Å²) in [6.07, 6.45) is 2.03. The van der Waals surface area contributed by atoms with E-state index in [1.54, 1.807) is 6.07 Å². The van der Waals surface area contributed by atoms with Gasteiger partial charge in [-0.2, -0.15) is 0 Å². The summed E-state index contributed by atoms with van der Waals surface area (Å²) in [5.74, 6) is 0.376. The molecular formula is C15H20FNO4S. The van der Waals surface area contributed by atoms with Gasteiger partial charge in [0, 0.05) is 25.2 Å². The highest BCUT2D eigenvalue weighted by atomic mass is 32.2. The van der Waals surface area contributed by atoms with E-state index in [0.717, 1.165) is 12.8 Å². The van der Waals surface area contributed by atoms with Crippen LogP contribution in [0.15, 0.2) is 18.2 Å². The average molecular weight is 329 g/mol. The summed E-state index contributed by atoms with van der Waals surface area (Å²) in [5, 5.41) is 0. The van der Waals surface area contributed by atoms with Gasteiger partial charge in [-0.05, 0) is 37.0 Å². The maximum Gasteiger partial charge on any atom is 0.212 e. The summed E-state index contributed by atoms with van der Waals surface area (Å²) >= 11 is 0. The van der Waals surface area contributed by atoms with Crippen molar-refractivity contribution in [2.24, 2.45) is 5.92 Å². The highest BCUT2D eigenvalue weighted by Crippen LogP contribution is 2.33. The number of hydrogen-bond donors (Lipinski definition) is 1. The molecule has 1 N–H and O–H groups in total. The molecule has 1 aromatic rings. The fraction of sp³-hybridized carbons (Fsp3) is 0.600. The lowest BCUT2D eigenvalue weighted by Crippen LogP contribution is -2.36. The summed E-state index contributed by atoms with van der Waals surface area (Å²) < 4.78 is 51.6. The minimum Gasteiger partial charge on any atom is -0.493 e. The van der Waals surface area contributed by atoms with Crippen LogP contribution in [0.25, 0.3) is 0 Å². The molecule has 0 aromatic heterocycles. The van der Waals surface area contributed by atoms with Gasteiger partial charge in [0.1, 0.15) is 11.6 Å². The molecule has 22 heavy (non-hydrogen) atoms. The number of hydrogen-bond acceptors (Lipinski definition) is 4. The smallest absolute Gasteiger partial charge is 0.212 e. The van der Waals surface area contributed by atoms with Gasteiger partial charge in [-0.15, -0.1) is 0 Å². The van der Waals surface area contributed by atoms with Gasteiger partial charge in [0.25, 0.3) is 0 Å². The van der Waals surface area contributed by atoms with Gasteiger partial charge in [-0.1, -0.05) is 0 Å². The maximum absolute atomic E-state index is 13.4. The molecule has 3 rings (SSSR count). The predicted molar refractivity (Wildman–Crippen MR) is 79.7 cm³/mol. The zero-order valence-corrected chi connectivity index (χ0v) is 13.1. The number of fused-ring (bicyclic) bond motifs is 1. The van der Waals surface area contributed by atoms with Crippen molar-refractivity contribution in [1.82, 2.24) is 4.72 Å². The second kappa shape index (κ2) is 6.52. The number of ether oxygens (including phenoxy) is 2. The Hall–Kier alpha value is -1.18. The lowest BCUT2D eigenvalue weighted by atomic mass is 10.0. The minimum absolute atomic E-state index is 0.0956. The largest absolute Gasteiger partial charge is 0.493 e. The van der Waals surface area contributed by atoms with E-state index < -0.39 is 21.9 Å². The highest BCUT2D eigenvalue weighted by molar-refractivity contribution is 7.89. The molecule has 2 aliphatic heterocycles. The Balaban J connectivity index is 1.71. The summed E-state index contributed by atoms with van der Waals surface area (Å²) in [5.41, 5.74) is 0.571. The fourth-order valence-electron chi connectivity index (χ4n) is 2.98. The van der Waals surface area contributed by atoms with E-state index in [0.29, 0.717) is 37.6 Å². The molecule has 1 aromatic carbocycles. The third-order valence-electron chi connectivity index (χ3n) is 4.13. The second-order valence-corrected chi connectivity index (χ2v) is 7.63. The summed E-state index contributed by atoms with van der Waals surface area (Å²) in [7, 11) is -3.42. The number of halogens is 1. The van der Waals surface area contributed by atoms with Crippen molar-refractivity contribution in [2.75, 3.05) is 25.6 Å². The van der Waals surface area contributed by atoms with E-state index in [2.05, 4.69) is 4.72 Å². The Labute approximate surface area is 129 Å². The molecule has 0 aliphatic carbocycles. The van der Waals surface area contributed by atoms with Gasteiger partial charge in [-0.3, -0.25) is 0 Å². The van der Waals surface area contributed by atoms with Crippen LogP contribution in [0.1, 0.15) is 30.9 Å². The zero-order chi connectivity index (χ0) is 15.6. The first-order valence-electron chi connectivity index (χ1n) is 7.53. The van der Waals surface area contributed by atoms with Crippen LogP contribution in [0.5, 0.6) is 5.75 Å². The number of benzene rings is 1. The van der Waals surface area contributed by atoms with Crippen LogP contribution in [-0.2, 0) is 14.8 Å². The van der Waals surface area contributed by atoms with E-state index in [9.17, 15) is 12.8 Å². The molecule has 0 bridgehead atoms. The lowest BCUT2D eigenvalue weighted by molar-refractivity contribution is 0.0722. The Bertz CT molecular complexity index is 628. The average Bonchev–Trinajstić information content (AvgIpc) is 2.48. The standard InChI is InChI=1S/C15H20FNO4S/c16-12-1-2-15-13(9-12)14(5-8-21-15)17-22(18,19)10-11-3-6-20-7-4-11/h1-2,9,11,14,17H,3-8,10H2/t14-/m0/s1. The molecular weight excluding hydrogens is 309 g/mol. The third-order valence-corrected chi connectivity index (χ3v) is 5.68. The molecule has 2 aliphatic rings. The highest BCUT2D eigenvalue weighted by Gasteiger charge is 2.28. The molecule has 0 amide bonds. The van der Waals surface area contributed by atoms with Crippen LogP contribution in [0, 0.1) is 11.7 Å². The van der Waals surface area contributed by atoms with E-state index in [-0.39, 0.29) is 11.7 Å². The van der Waals surface area contributed by atoms with Crippen LogP contribution in [-0.4, -0.2) is 34.0 Å². The number of nitrogens with one attached hydrogen (secondary N) is 1. The predicted octanol–water partition coefficient (Wildman–Crippen LogP) is 2.00. The normalized spacial score (nSPS) is 22.9. The molecule has 122 valence electrons. The van der Waals surface area contributed by atoms with Crippen molar-refractivity contribution < 1.29 is 22.3 Å². The molecule has 0 radical (unpaired) electrons. The van der Waals surface area contributed by atoms with Gasteiger partial charge >= 0.3 is 0 Å². The fourth-order valence-corrected chi connectivity index (χ4v) is 4.70. The van der Waals surface area contributed by atoms with Crippen LogP contribution in [0.2, 0.25) is 0 Å². The topological polar surface area (TPSA) is 64.6 Å². The Morgan fingerprint density at radius 3 is 2.73 bits per heavy atom. The third kappa shape index (κ3) is 3.77. The molecule has 5 nitrogen and oxygen atoms in total. The van der Waals surface area contributed by atoms with Gasteiger partial charge in [-0.25, -0.2) is 17.5 Å². The van der Waals surface area contributed by atoms with E-state index in [4.69, 9.17) is 9.47 Å². The first-order chi connectivity index (χ1) is 10.5. The van der Waals surface area contributed by atoms with E-state index in [1.165, 1.54) is 12.1 Å². The van der Waals surface area contributed by atoms with Crippen molar-refractivity contribution in [3.8, 4) is 5.75 Å². The monoisotopic (exact) mass is 329 g/mol. The first-order valence-corrected chi connectivity index (χ1v) is 9.19. The number of sulfonamides is 1. The summed E-state index contributed by atoms with van der Waals surface area (Å²) in [6.45, 7) is 1.65. The van der Waals surface area contributed by atoms with Crippen molar-refractivity contribution in [3.05, 3.63) is 29.6 Å². The zero-order valence-electron chi connectivity index (χ0n) is 12.3. The molecule has 0 spiro atoms. The van der Waals surface area contributed by atoms with E-state index >= 15 is 0 Å². The number of rotatable bonds is 4. The van der Waals surface area contributed by atoms with Crippen molar-refractivity contribution in [2.45, 2.75) is 25.3 Å². The van der Waals surface area contributed by atoms with Crippen molar-refractivity contribution in [1.29, 1.82) is 0 Å². The Morgan fingerprint density at radius 2 is 1.95 bits per heavy atom. The molecule has 1 atom stereocenters. The maximum atomic E-state index is 13.4. The van der Waals surface area contributed by atoms with Gasteiger partial charge in [0.15, 0.2) is 0 Å². The van der Waals surface area contributed by atoms with Crippen LogP contribution >= 0.6 is 0 Å². The van der Waals surface area contributed by atoms with Crippen LogP contribution in [0.3, 0.4) is 0 Å². The first kappa shape index (κ1) is 15.7. The van der Waals surface area contributed by atoms with Gasteiger partial charge < -0.3 is 9.47 Å². The van der Waals surface area contributed by atoms with Gasteiger partial charge in [0.05, 0.1) is 18.4 Å². The molecule has 2 heterocycles. The van der Waals surface area contributed by atoms with Crippen molar-refractivity contribution >= 4 is 10.0 Å². The second-order valence-electron chi connectivity index (χ2n) is 5.83. The Morgan fingerprint density at radius 1 is 1.18 bits per heavy atom. The molecule has 0 unspecified atom stereocenters. The lowest BCUT2D eigenvalue weighted by Gasteiger charge is -2.28. The summed E-state index contributed by atoms with van der Waals surface area (Å²) in [4.78, 5) is 0. The SMILES string of the molecule is O=S(=O)(CC1CCOCC1)N[C@H]1CCOc2ccc(F)cc21. The van der Waals surface area contributed by atoms with Crippen LogP contribution < -0.4 is 9.46 Å². The molecule has 0 saturated carbocycles. The summed E-state index contributed by atoms with van der Waals surface area (Å²) in [6, 6.07) is 3.78. The Kier molecular flexibility index (Phi) is 4.65. The van der Waals surface area contributed by atoms with Gasteiger partial charge in [0.2, 0.25) is 10.0 Å². The van der Waals surface area contributed by atoms with Crippen LogP contribution in [0.4, 0.5) is 4.39 Å². The minimum atomic E-state index is -3.42. The molecule has 1 saturated heterocycles. The van der Waals surface area contributed by atoms with Crippen molar-refractivity contribution in [3.63, 3.8) is 0 Å². The van der Waals surface area contributed by atoms with E-state index in [1.807, 2.05) is 0 Å².